The van der Waals surface area contributed by atoms with Crippen molar-refractivity contribution in [3.05, 3.63) is 35.9 Å². The molecule has 0 spiro atoms. The zero-order chi connectivity index (χ0) is 10.2. The second-order valence-electron chi connectivity index (χ2n) is 2.35. The predicted octanol–water partition coefficient (Wildman–Crippen LogP) is 3.98. The van der Waals surface area contributed by atoms with E-state index in [1.807, 2.05) is 18.2 Å². The van der Waals surface area contributed by atoms with Crippen molar-refractivity contribution in [1.29, 1.82) is 0 Å². The van der Waals surface area contributed by atoms with Crippen molar-refractivity contribution >= 4 is 36.7 Å². The number of hydrogen-bond donors (Lipinski definition) is 0. The molecule has 0 radical (unpaired) electrons. The predicted molar refractivity (Wildman–Crippen MR) is 65.3 cm³/mol. The number of carbonyl (C=O) groups excluding carboxylic acids is 1. The van der Waals surface area contributed by atoms with Gasteiger partial charge in [0.1, 0.15) is 0 Å². The molecule has 0 saturated carbocycles. The highest BCUT2D eigenvalue weighted by Gasteiger charge is 2.01. The van der Waals surface area contributed by atoms with Crippen molar-refractivity contribution in [3.63, 3.8) is 0 Å². The number of hydrogen-bond acceptors (Lipinski definition) is 5. The van der Waals surface area contributed by atoms with Crippen LogP contribution in [0.4, 0.5) is 4.79 Å². The molecule has 1 aromatic rings. The average molecular weight is 246 g/mol. The smallest absolute Gasteiger partial charge is 0.378 e. The van der Waals surface area contributed by atoms with E-state index in [2.05, 4.69) is 16.9 Å². The van der Waals surface area contributed by atoms with E-state index in [4.69, 9.17) is 0 Å². The highest BCUT2D eigenvalue weighted by Crippen LogP contribution is 2.37. The lowest BCUT2D eigenvalue weighted by Gasteiger charge is -1.99. The maximum atomic E-state index is 10.7. The summed E-state index contributed by atoms with van der Waals surface area (Å²) in [6, 6.07) is 10.1. The molecule has 0 atom stereocenters. The Morgan fingerprint density at radius 1 is 1.36 bits per heavy atom. The lowest BCUT2D eigenvalue weighted by molar-refractivity contribution is 0.200. The topological polar surface area (TPSA) is 26.3 Å². The monoisotopic (exact) mass is 246 g/mol. The summed E-state index contributed by atoms with van der Waals surface area (Å²) in [5.41, 5.74) is 1.26. The number of rotatable bonds is 4. The standard InChI is InChI=1S/C9H10O2S3/c1-11-9(10)13-14-12-7-8-5-3-2-4-6-8/h2-6H,7H2,1H3. The molecule has 0 saturated heterocycles. The van der Waals surface area contributed by atoms with Crippen molar-refractivity contribution in [1.82, 2.24) is 0 Å². The van der Waals surface area contributed by atoms with Crippen LogP contribution < -0.4 is 0 Å². The molecule has 0 aliphatic rings. The summed E-state index contributed by atoms with van der Waals surface area (Å²) in [4.78, 5) is 10.7. The average Bonchev–Trinajstić information content (AvgIpc) is 2.25. The van der Waals surface area contributed by atoms with E-state index in [1.165, 1.54) is 22.5 Å². The van der Waals surface area contributed by atoms with Crippen molar-refractivity contribution in [3.8, 4) is 0 Å². The first-order valence-corrected chi connectivity index (χ1v) is 7.56. The molecule has 76 valence electrons. The maximum Gasteiger partial charge on any atom is 0.378 e. The third-order valence-corrected chi connectivity index (χ3v) is 5.04. The molecule has 0 N–H and O–H groups in total. The fraction of sp³-hybridized carbons (Fsp3) is 0.222. The van der Waals surface area contributed by atoms with Crippen molar-refractivity contribution in [2.75, 3.05) is 7.11 Å². The Morgan fingerprint density at radius 2 is 2.07 bits per heavy atom. The second-order valence-corrected chi connectivity index (χ2v) is 6.35. The molecule has 0 fully saturated rings. The summed E-state index contributed by atoms with van der Waals surface area (Å²) in [6.07, 6.45) is 0. The summed E-state index contributed by atoms with van der Waals surface area (Å²) >= 11 is 0. The van der Waals surface area contributed by atoms with Crippen LogP contribution >= 0.6 is 31.4 Å². The van der Waals surface area contributed by atoms with Gasteiger partial charge in [-0.1, -0.05) is 41.1 Å². The van der Waals surface area contributed by atoms with Crippen molar-refractivity contribution in [2.45, 2.75) is 5.75 Å². The molecule has 0 unspecified atom stereocenters. The summed E-state index contributed by atoms with van der Waals surface area (Å²) < 4.78 is 4.49. The molecule has 0 heterocycles. The third kappa shape index (κ3) is 4.83. The van der Waals surface area contributed by atoms with Crippen LogP contribution in [-0.4, -0.2) is 12.4 Å². The molecule has 0 aliphatic carbocycles. The SMILES string of the molecule is COC(=O)SSSCc1ccccc1. The minimum atomic E-state index is -0.254. The van der Waals surface area contributed by atoms with Gasteiger partial charge in [-0.25, -0.2) is 4.79 Å². The van der Waals surface area contributed by atoms with Crippen molar-refractivity contribution < 1.29 is 9.53 Å². The lowest BCUT2D eigenvalue weighted by atomic mass is 10.2. The molecule has 5 heteroatoms. The van der Waals surface area contributed by atoms with Crippen LogP contribution in [0, 0.1) is 0 Å². The van der Waals surface area contributed by atoms with Gasteiger partial charge in [-0.15, -0.1) is 0 Å². The molecule has 1 aromatic carbocycles. The van der Waals surface area contributed by atoms with Gasteiger partial charge in [-0.3, -0.25) is 0 Å². The Bertz CT molecular complexity index is 277. The van der Waals surface area contributed by atoms with E-state index in [9.17, 15) is 4.79 Å². The van der Waals surface area contributed by atoms with Crippen LogP contribution in [0.25, 0.3) is 0 Å². The Labute approximate surface area is 95.0 Å². The largest absolute Gasteiger partial charge is 0.460 e. The van der Waals surface area contributed by atoms with Crippen LogP contribution in [-0.2, 0) is 10.5 Å². The Kier molecular flexibility index (Phi) is 5.98. The molecule has 0 amide bonds. The normalized spacial score (nSPS) is 9.79. The van der Waals surface area contributed by atoms with Gasteiger partial charge in [0, 0.05) is 16.5 Å². The van der Waals surface area contributed by atoms with Gasteiger partial charge in [-0.05, 0) is 15.4 Å². The van der Waals surface area contributed by atoms with Crippen LogP contribution in [0.1, 0.15) is 5.56 Å². The van der Waals surface area contributed by atoms with Crippen LogP contribution in [0.5, 0.6) is 0 Å². The van der Waals surface area contributed by atoms with Gasteiger partial charge in [0.15, 0.2) is 0 Å². The first kappa shape index (κ1) is 11.8. The summed E-state index contributed by atoms with van der Waals surface area (Å²) in [5, 5.41) is -0.254. The fourth-order valence-electron chi connectivity index (χ4n) is 0.752. The van der Waals surface area contributed by atoms with Gasteiger partial charge < -0.3 is 4.74 Å². The van der Waals surface area contributed by atoms with Crippen LogP contribution in [0.3, 0.4) is 0 Å². The number of methoxy groups -OCH3 is 1. The fourth-order valence-corrected chi connectivity index (χ4v) is 3.73. The van der Waals surface area contributed by atoms with Gasteiger partial charge in [0.2, 0.25) is 0 Å². The Balaban J connectivity index is 2.13. The maximum absolute atomic E-state index is 10.7. The second kappa shape index (κ2) is 7.09. The molecule has 0 bridgehead atoms. The summed E-state index contributed by atoms with van der Waals surface area (Å²) in [5.74, 6) is 0.898. The molecule has 2 nitrogen and oxygen atoms in total. The van der Waals surface area contributed by atoms with Gasteiger partial charge in [0.05, 0.1) is 7.11 Å². The van der Waals surface area contributed by atoms with E-state index in [0.29, 0.717) is 0 Å². The van der Waals surface area contributed by atoms with Crippen molar-refractivity contribution in [2.24, 2.45) is 0 Å². The molecular weight excluding hydrogens is 236 g/mol. The number of ether oxygens (including phenoxy) is 1. The highest BCUT2D eigenvalue weighted by atomic mass is 33.5. The number of benzene rings is 1. The first-order valence-electron chi connectivity index (χ1n) is 3.91. The highest BCUT2D eigenvalue weighted by molar-refractivity contribution is 9.11. The molecule has 1 rings (SSSR count). The summed E-state index contributed by atoms with van der Waals surface area (Å²) in [6.45, 7) is 0. The summed E-state index contributed by atoms with van der Waals surface area (Å²) in [7, 11) is 5.57. The van der Waals surface area contributed by atoms with Gasteiger partial charge in [-0.2, -0.15) is 0 Å². The molecular formula is C9H10O2S3. The minimum absolute atomic E-state index is 0.254. The zero-order valence-corrected chi connectivity index (χ0v) is 10.1. The van der Waals surface area contributed by atoms with Gasteiger partial charge in [0.25, 0.3) is 0 Å². The van der Waals surface area contributed by atoms with Crippen LogP contribution in [0.15, 0.2) is 30.3 Å². The Morgan fingerprint density at radius 3 is 2.71 bits per heavy atom. The molecule has 14 heavy (non-hydrogen) atoms. The van der Waals surface area contributed by atoms with E-state index in [1.54, 1.807) is 10.8 Å². The zero-order valence-electron chi connectivity index (χ0n) is 7.64. The van der Waals surface area contributed by atoms with Gasteiger partial charge >= 0.3 is 5.30 Å². The quantitative estimate of drug-likeness (QED) is 0.455. The van der Waals surface area contributed by atoms with E-state index < -0.39 is 0 Å². The van der Waals surface area contributed by atoms with Crippen LogP contribution in [0.2, 0.25) is 0 Å². The van der Waals surface area contributed by atoms with E-state index >= 15 is 0 Å². The number of carbonyl (C=O) groups is 1. The third-order valence-electron chi connectivity index (χ3n) is 1.39. The molecule has 0 aromatic heterocycles. The lowest BCUT2D eigenvalue weighted by Crippen LogP contribution is -1.85. The van der Waals surface area contributed by atoms with E-state index in [-0.39, 0.29) is 5.30 Å². The first-order chi connectivity index (χ1) is 6.83. The minimum Gasteiger partial charge on any atom is -0.460 e. The van der Waals surface area contributed by atoms with E-state index in [0.717, 1.165) is 16.5 Å². The molecule has 0 aliphatic heterocycles. The Hall–Kier alpha value is -0.260.